The van der Waals surface area contributed by atoms with Gasteiger partial charge < -0.3 is 15.7 Å². The van der Waals surface area contributed by atoms with E-state index in [1.807, 2.05) is 31.2 Å². The number of ether oxygens (including phenoxy) is 1. The molecule has 0 radical (unpaired) electrons. The number of hydrogen-bond acceptors (Lipinski definition) is 3. The van der Waals surface area contributed by atoms with E-state index in [9.17, 15) is 0 Å². The van der Waals surface area contributed by atoms with E-state index in [4.69, 9.17) is 27.3 Å². The molecule has 3 N–H and O–H groups in total. The van der Waals surface area contributed by atoms with Crippen molar-refractivity contribution in [2.75, 3.05) is 0 Å². The van der Waals surface area contributed by atoms with E-state index in [2.05, 4.69) is 5.16 Å². The number of benzene rings is 2. The lowest BCUT2D eigenvalue weighted by atomic mass is 10.1. The van der Waals surface area contributed by atoms with Gasteiger partial charge in [0.2, 0.25) is 0 Å². The smallest absolute Gasteiger partial charge is 0.173 e. The number of nitrogens with zero attached hydrogens (tertiary/aromatic N) is 1. The van der Waals surface area contributed by atoms with E-state index in [-0.39, 0.29) is 5.84 Å². The Balaban J connectivity index is 2.48. The normalized spacial score (nSPS) is 11.4. The van der Waals surface area contributed by atoms with Crippen molar-refractivity contribution in [2.24, 2.45) is 10.9 Å². The van der Waals surface area contributed by atoms with Crippen molar-refractivity contribution >= 4 is 17.4 Å². The topological polar surface area (TPSA) is 67.8 Å². The number of rotatable bonds is 3. The lowest BCUT2D eigenvalue weighted by Gasteiger charge is -2.13. The fourth-order valence-electron chi connectivity index (χ4n) is 1.68. The molecule has 0 saturated carbocycles. The van der Waals surface area contributed by atoms with Crippen molar-refractivity contribution in [1.82, 2.24) is 0 Å². The minimum atomic E-state index is -0.00856. The van der Waals surface area contributed by atoms with Crippen LogP contribution in [-0.2, 0) is 0 Å². The zero-order valence-corrected chi connectivity index (χ0v) is 11.1. The lowest BCUT2D eigenvalue weighted by molar-refractivity contribution is 0.318. The predicted molar refractivity (Wildman–Crippen MR) is 75.2 cm³/mol. The monoisotopic (exact) mass is 276 g/mol. The molecule has 0 atom stereocenters. The maximum absolute atomic E-state index is 8.81. The largest absolute Gasteiger partial charge is 0.455 e. The molecule has 0 saturated heterocycles. The Kier molecular flexibility index (Phi) is 3.92. The van der Waals surface area contributed by atoms with Crippen molar-refractivity contribution in [3.63, 3.8) is 0 Å². The van der Waals surface area contributed by atoms with E-state index < -0.39 is 0 Å². The van der Waals surface area contributed by atoms with Gasteiger partial charge in [0.1, 0.15) is 11.5 Å². The summed E-state index contributed by atoms with van der Waals surface area (Å²) in [6.45, 7) is 1.88. The number of amidine groups is 1. The van der Waals surface area contributed by atoms with Gasteiger partial charge in [0.25, 0.3) is 0 Å². The lowest BCUT2D eigenvalue weighted by Crippen LogP contribution is -2.14. The molecule has 2 rings (SSSR count). The molecule has 5 heteroatoms. The van der Waals surface area contributed by atoms with Crippen LogP contribution in [0.25, 0.3) is 0 Å². The van der Waals surface area contributed by atoms with Crippen molar-refractivity contribution < 1.29 is 9.94 Å². The third-order valence-corrected chi connectivity index (χ3v) is 2.96. The first-order valence-corrected chi connectivity index (χ1v) is 6.01. The Hall–Kier alpha value is -2.20. The molecule has 0 aliphatic heterocycles. The van der Waals surface area contributed by atoms with E-state index in [0.717, 1.165) is 5.56 Å². The maximum Gasteiger partial charge on any atom is 0.173 e. The van der Waals surface area contributed by atoms with Crippen LogP contribution >= 0.6 is 11.6 Å². The molecule has 2 aromatic rings. The quantitative estimate of drug-likeness (QED) is 0.390. The molecular formula is C14H13ClN2O2. The fraction of sp³-hybridized carbons (Fsp3) is 0.0714. The number of aryl methyl sites for hydroxylation is 1. The van der Waals surface area contributed by atoms with Crippen LogP contribution in [0.15, 0.2) is 47.6 Å². The number of halogens is 1. The summed E-state index contributed by atoms with van der Waals surface area (Å²) in [6, 6.07) is 12.5. The van der Waals surface area contributed by atoms with E-state index in [1.54, 1.807) is 18.2 Å². The van der Waals surface area contributed by atoms with Crippen molar-refractivity contribution in [3.05, 3.63) is 58.6 Å². The number of hydrogen-bond donors (Lipinski definition) is 2. The average molecular weight is 277 g/mol. The van der Waals surface area contributed by atoms with E-state index in [1.165, 1.54) is 0 Å². The first kappa shape index (κ1) is 13.2. The summed E-state index contributed by atoms with van der Waals surface area (Å²) in [5.74, 6) is 1.03. The summed E-state index contributed by atoms with van der Waals surface area (Å²) >= 11 is 6.06. The Morgan fingerprint density at radius 3 is 2.63 bits per heavy atom. The molecule has 0 aliphatic rings. The van der Waals surface area contributed by atoms with Crippen LogP contribution < -0.4 is 10.5 Å². The van der Waals surface area contributed by atoms with Gasteiger partial charge in [-0.15, -0.1) is 0 Å². The standard InChI is InChI=1S/C14H13ClN2O2/c1-9-5-4-6-10(14(16)17-18)13(9)19-12-8-3-2-7-11(12)15/h2-8,18H,1H3,(H2,16,17). The second kappa shape index (κ2) is 5.63. The third-order valence-electron chi connectivity index (χ3n) is 2.64. The van der Waals surface area contributed by atoms with Crippen LogP contribution in [0.5, 0.6) is 11.5 Å². The summed E-state index contributed by atoms with van der Waals surface area (Å²) in [6.07, 6.45) is 0. The molecule has 2 aromatic carbocycles. The van der Waals surface area contributed by atoms with Gasteiger partial charge in [0.15, 0.2) is 5.84 Å². The Morgan fingerprint density at radius 2 is 1.95 bits per heavy atom. The number of oxime groups is 1. The van der Waals surface area contributed by atoms with Gasteiger partial charge in [-0.2, -0.15) is 0 Å². The molecular weight excluding hydrogens is 264 g/mol. The molecule has 98 valence electrons. The molecule has 0 bridgehead atoms. The van der Waals surface area contributed by atoms with E-state index in [0.29, 0.717) is 22.1 Å². The molecule has 0 spiro atoms. The first-order chi connectivity index (χ1) is 9.13. The summed E-state index contributed by atoms with van der Waals surface area (Å²) in [4.78, 5) is 0. The van der Waals surface area contributed by atoms with Crippen LogP contribution in [0, 0.1) is 6.92 Å². The van der Waals surface area contributed by atoms with Gasteiger partial charge >= 0.3 is 0 Å². The highest BCUT2D eigenvalue weighted by Crippen LogP contribution is 2.33. The second-order valence-corrected chi connectivity index (χ2v) is 4.38. The minimum absolute atomic E-state index is 0.00856. The van der Waals surface area contributed by atoms with Crippen LogP contribution in [0.1, 0.15) is 11.1 Å². The van der Waals surface area contributed by atoms with Crippen molar-refractivity contribution in [3.8, 4) is 11.5 Å². The van der Waals surface area contributed by atoms with Crippen LogP contribution in [0.4, 0.5) is 0 Å². The van der Waals surface area contributed by atoms with Gasteiger partial charge in [-0.25, -0.2) is 0 Å². The van der Waals surface area contributed by atoms with E-state index >= 15 is 0 Å². The van der Waals surface area contributed by atoms with Gasteiger partial charge in [-0.05, 0) is 30.7 Å². The Morgan fingerprint density at radius 1 is 1.21 bits per heavy atom. The highest BCUT2D eigenvalue weighted by atomic mass is 35.5. The molecule has 0 amide bonds. The first-order valence-electron chi connectivity index (χ1n) is 5.63. The zero-order valence-electron chi connectivity index (χ0n) is 10.3. The molecule has 0 unspecified atom stereocenters. The van der Waals surface area contributed by atoms with Crippen LogP contribution in [0.3, 0.4) is 0 Å². The molecule has 0 aliphatic carbocycles. The number of nitrogens with two attached hydrogens (primary N) is 1. The van der Waals surface area contributed by atoms with Crippen molar-refractivity contribution in [2.45, 2.75) is 6.92 Å². The molecule has 0 aromatic heterocycles. The molecule has 19 heavy (non-hydrogen) atoms. The van der Waals surface area contributed by atoms with Crippen molar-refractivity contribution in [1.29, 1.82) is 0 Å². The summed E-state index contributed by atoms with van der Waals surface area (Å²) in [7, 11) is 0. The minimum Gasteiger partial charge on any atom is -0.455 e. The third kappa shape index (κ3) is 2.80. The van der Waals surface area contributed by atoms with Crippen LogP contribution in [0.2, 0.25) is 5.02 Å². The van der Waals surface area contributed by atoms with Gasteiger partial charge in [0, 0.05) is 0 Å². The van der Waals surface area contributed by atoms with Gasteiger partial charge in [-0.1, -0.05) is 41.0 Å². The molecule has 0 fully saturated rings. The number of para-hydroxylation sites is 2. The second-order valence-electron chi connectivity index (χ2n) is 3.97. The van der Waals surface area contributed by atoms with Crippen LogP contribution in [-0.4, -0.2) is 11.0 Å². The highest BCUT2D eigenvalue weighted by Gasteiger charge is 2.13. The SMILES string of the molecule is Cc1cccc(/C(N)=N/O)c1Oc1ccccc1Cl. The Labute approximate surface area is 116 Å². The zero-order chi connectivity index (χ0) is 13.8. The summed E-state index contributed by atoms with van der Waals surface area (Å²) in [5, 5.41) is 12.3. The van der Waals surface area contributed by atoms with Gasteiger partial charge in [-0.3, -0.25) is 0 Å². The predicted octanol–water partition coefficient (Wildman–Crippen LogP) is 3.54. The molecule has 4 nitrogen and oxygen atoms in total. The summed E-state index contributed by atoms with van der Waals surface area (Å²) in [5.41, 5.74) is 7.02. The molecule has 0 heterocycles. The fourth-order valence-corrected chi connectivity index (χ4v) is 1.86. The highest BCUT2D eigenvalue weighted by molar-refractivity contribution is 6.32. The Bertz CT molecular complexity index is 627. The average Bonchev–Trinajstić information content (AvgIpc) is 2.42. The maximum atomic E-state index is 8.81. The summed E-state index contributed by atoms with van der Waals surface area (Å²) < 4.78 is 5.79. The van der Waals surface area contributed by atoms with Gasteiger partial charge in [0.05, 0.1) is 10.6 Å².